The van der Waals surface area contributed by atoms with Crippen molar-refractivity contribution in [1.29, 1.82) is 0 Å². The third-order valence-corrected chi connectivity index (χ3v) is 3.00. The Morgan fingerprint density at radius 3 is 2.56 bits per heavy atom. The highest BCUT2D eigenvalue weighted by molar-refractivity contribution is 5.85. The van der Waals surface area contributed by atoms with E-state index in [4.69, 9.17) is 14.2 Å². The molecule has 3 N–H and O–H groups in total. The van der Waals surface area contributed by atoms with Gasteiger partial charge in [0.15, 0.2) is 12.4 Å². The molecule has 7 nitrogen and oxygen atoms in total. The number of carbonyl (C=O) groups excluding carboxylic acids is 1. The molecule has 6 atom stereocenters. The second-order valence-corrected chi connectivity index (χ2v) is 3.98. The van der Waals surface area contributed by atoms with Crippen LogP contribution in [0.5, 0.6) is 0 Å². The number of esters is 1. The van der Waals surface area contributed by atoms with Gasteiger partial charge in [-0.15, -0.1) is 0 Å². The van der Waals surface area contributed by atoms with E-state index >= 15 is 0 Å². The second kappa shape index (κ2) is 3.02. The summed E-state index contributed by atoms with van der Waals surface area (Å²) in [6.07, 6.45) is -3.36. The van der Waals surface area contributed by atoms with Crippen molar-refractivity contribution in [2.24, 2.45) is 0 Å². The highest BCUT2D eigenvalue weighted by Gasteiger charge is 2.64. The molecule has 2 unspecified atom stereocenters. The largest absolute Gasteiger partial charge is 0.423 e. The van der Waals surface area contributed by atoms with E-state index in [0.717, 1.165) is 6.08 Å². The summed E-state index contributed by atoms with van der Waals surface area (Å²) < 4.78 is 15.1. The van der Waals surface area contributed by atoms with Gasteiger partial charge in [-0.3, -0.25) is 0 Å². The van der Waals surface area contributed by atoms with Crippen LogP contribution in [0.2, 0.25) is 0 Å². The predicted octanol–water partition coefficient (Wildman–Crippen LogP) is -2.37. The van der Waals surface area contributed by atoms with Crippen LogP contribution in [0.15, 0.2) is 12.2 Å². The lowest BCUT2D eigenvalue weighted by molar-refractivity contribution is -0.238. The lowest BCUT2D eigenvalue weighted by atomic mass is 10.0. The van der Waals surface area contributed by atoms with Gasteiger partial charge in [0, 0.05) is 6.08 Å². The number of fused-ring (bicyclic) bond motifs is 1. The van der Waals surface area contributed by atoms with Crippen LogP contribution in [0, 0.1) is 0 Å². The zero-order valence-corrected chi connectivity index (χ0v) is 8.02. The Hall–Kier alpha value is -0.990. The van der Waals surface area contributed by atoms with E-state index in [0.29, 0.717) is 0 Å². The molecule has 0 aromatic carbocycles. The van der Waals surface area contributed by atoms with Crippen molar-refractivity contribution >= 4 is 5.97 Å². The minimum atomic E-state index is -1.59. The van der Waals surface area contributed by atoms with Gasteiger partial charge in [0.05, 0.1) is 0 Å². The molecular weight excluding hydrogens is 220 g/mol. The lowest BCUT2D eigenvalue weighted by Gasteiger charge is -2.26. The molecule has 0 aromatic rings. The smallest absolute Gasteiger partial charge is 0.333 e. The molecule has 2 fully saturated rings. The van der Waals surface area contributed by atoms with Gasteiger partial charge < -0.3 is 29.5 Å². The van der Waals surface area contributed by atoms with Crippen molar-refractivity contribution < 1.29 is 34.3 Å². The molecule has 0 bridgehead atoms. The summed E-state index contributed by atoms with van der Waals surface area (Å²) >= 11 is 0. The van der Waals surface area contributed by atoms with Crippen LogP contribution in [0.4, 0.5) is 0 Å². The summed E-state index contributed by atoms with van der Waals surface area (Å²) in [5, 5.41) is 28.6. The van der Waals surface area contributed by atoms with Gasteiger partial charge in [-0.25, -0.2) is 4.79 Å². The van der Waals surface area contributed by atoms with Crippen LogP contribution in [0.1, 0.15) is 0 Å². The molecular formula is C9H10O7. The van der Waals surface area contributed by atoms with Crippen molar-refractivity contribution in [2.45, 2.75) is 36.5 Å². The van der Waals surface area contributed by atoms with E-state index in [-0.39, 0.29) is 0 Å². The van der Waals surface area contributed by atoms with Crippen molar-refractivity contribution in [3.8, 4) is 0 Å². The van der Waals surface area contributed by atoms with E-state index in [1.807, 2.05) is 0 Å². The standard InChI is InChI=1S/C9H10O7/c10-3-1-2-9(15-3)7(12)6-5(16-9)4(11)8(13)14-6/h1-2,4-8,11-13H/t4-,5-,6+,7?,8?,9-/m1/s1. The van der Waals surface area contributed by atoms with Gasteiger partial charge in [-0.05, 0) is 6.08 Å². The predicted molar refractivity (Wildman–Crippen MR) is 45.7 cm³/mol. The number of ether oxygens (including phenoxy) is 3. The van der Waals surface area contributed by atoms with E-state index < -0.39 is 42.5 Å². The number of carbonyl (C=O) groups is 1. The summed E-state index contributed by atoms with van der Waals surface area (Å²) in [6, 6.07) is 0. The Morgan fingerprint density at radius 2 is 2.00 bits per heavy atom. The van der Waals surface area contributed by atoms with Crippen molar-refractivity contribution in [1.82, 2.24) is 0 Å². The van der Waals surface area contributed by atoms with E-state index in [2.05, 4.69) is 0 Å². The van der Waals surface area contributed by atoms with Crippen molar-refractivity contribution in [3.05, 3.63) is 12.2 Å². The summed E-state index contributed by atoms with van der Waals surface area (Å²) in [4.78, 5) is 11.0. The van der Waals surface area contributed by atoms with Gasteiger partial charge in [0.2, 0.25) is 0 Å². The fourth-order valence-corrected chi connectivity index (χ4v) is 2.21. The normalized spacial score (nSPS) is 54.7. The van der Waals surface area contributed by atoms with Gasteiger partial charge >= 0.3 is 5.97 Å². The van der Waals surface area contributed by atoms with Crippen molar-refractivity contribution in [3.63, 3.8) is 0 Å². The molecule has 1 spiro atoms. The average molecular weight is 230 g/mol. The quantitative estimate of drug-likeness (QED) is 0.399. The number of hydrogen-bond acceptors (Lipinski definition) is 7. The molecule has 3 rings (SSSR count). The molecule has 0 radical (unpaired) electrons. The zero-order chi connectivity index (χ0) is 11.5. The summed E-state index contributed by atoms with van der Waals surface area (Å²) in [7, 11) is 0. The molecule has 3 heterocycles. The maximum atomic E-state index is 11.0. The first-order valence-electron chi connectivity index (χ1n) is 4.83. The van der Waals surface area contributed by atoms with Crippen LogP contribution in [-0.2, 0) is 19.0 Å². The molecule has 2 saturated heterocycles. The zero-order valence-electron chi connectivity index (χ0n) is 8.02. The third-order valence-electron chi connectivity index (χ3n) is 3.00. The van der Waals surface area contributed by atoms with Gasteiger partial charge in [-0.1, -0.05) is 0 Å². The van der Waals surface area contributed by atoms with Crippen LogP contribution in [0.3, 0.4) is 0 Å². The molecule has 7 heteroatoms. The maximum Gasteiger partial charge on any atom is 0.333 e. The molecule has 0 amide bonds. The second-order valence-electron chi connectivity index (χ2n) is 3.98. The van der Waals surface area contributed by atoms with Gasteiger partial charge in [-0.2, -0.15) is 0 Å². The Balaban J connectivity index is 1.89. The third kappa shape index (κ3) is 1.12. The van der Waals surface area contributed by atoms with E-state index in [9.17, 15) is 20.1 Å². The molecule has 16 heavy (non-hydrogen) atoms. The molecule has 3 aliphatic rings. The lowest BCUT2D eigenvalue weighted by Crippen LogP contribution is -2.44. The van der Waals surface area contributed by atoms with Crippen molar-refractivity contribution in [2.75, 3.05) is 0 Å². The van der Waals surface area contributed by atoms with Crippen LogP contribution in [0.25, 0.3) is 0 Å². The topological polar surface area (TPSA) is 105 Å². The summed E-state index contributed by atoms with van der Waals surface area (Å²) in [5.74, 6) is -2.22. The SMILES string of the molecule is O=C1C=C[C@@]2(O1)O[C@H]1[C@H](OC(O)[C@@H]1O)C2O. The first kappa shape index (κ1) is 10.2. The first-order valence-corrected chi connectivity index (χ1v) is 4.83. The Labute approximate surface area is 89.8 Å². The van der Waals surface area contributed by atoms with Crippen LogP contribution in [-0.4, -0.2) is 57.8 Å². The molecule has 0 aromatic heterocycles. The first-order chi connectivity index (χ1) is 7.53. The Bertz CT molecular complexity index is 367. The highest BCUT2D eigenvalue weighted by atomic mass is 16.8. The van der Waals surface area contributed by atoms with Crippen LogP contribution >= 0.6 is 0 Å². The minimum absolute atomic E-state index is 0.630. The monoisotopic (exact) mass is 230 g/mol. The molecule has 0 aliphatic carbocycles. The molecule has 3 aliphatic heterocycles. The minimum Gasteiger partial charge on any atom is -0.423 e. The summed E-state index contributed by atoms with van der Waals surface area (Å²) in [5.41, 5.74) is 0. The number of hydrogen-bond donors (Lipinski definition) is 3. The van der Waals surface area contributed by atoms with E-state index in [1.165, 1.54) is 6.08 Å². The Morgan fingerprint density at radius 1 is 1.25 bits per heavy atom. The fourth-order valence-electron chi connectivity index (χ4n) is 2.21. The number of rotatable bonds is 0. The fraction of sp³-hybridized carbons (Fsp3) is 0.667. The van der Waals surface area contributed by atoms with Gasteiger partial charge in [0.1, 0.15) is 18.3 Å². The van der Waals surface area contributed by atoms with E-state index in [1.54, 1.807) is 0 Å². The highest BCUT2D eigenvalue weighted by Crippen LogP contribution is 2.43. The number of aliphatic hydroxyl groups is 3. The molecule has 0 saturated carbocycles. The average Bonchev–Trinajstić information content (AvgIpc) is 2.82. The Kier molecular flexibility index (Phi) is 1.92. The van der Waals surface area contributed by atoms with Gasteiger partial charge in [0.25, 0.3) is 5.79 Å². The molecule has 88 valence electrons. The maximum absolute atomic E-state index is 11.0. The summed E-state index contributed by atoms with van der Waals surface area (Å²) in [6.45, 7) is 0. The van der Waals surface area contributed by atoms with Crippen LogP contribution < -0.4 is 0 Å². The number of aliphatic hydroxyl groups excluding tert-OH is 3.